The molecule has 2 atom stereocenters. The monoisotopic (exact) mass is 514 g/mol. The van der Waals surface area contributed by atoms with Gasteiger partial charge in [0.1, 0.15) is 12.4 Å². The molecule has 2 N–H and O–H groups in total. The Balaban J connectivity index is 1.20. The molecule has 0 saturated carbocycles. The number of rotatable bonds is 7. The zero-order valence-electron chi connectivity index (χ0n) is 20.7. The van der Waals surface area contributed by atoms with E-state index in [-0.39, 0.29) is 24.5 Å². The van der Waals surface area contributed by atoms with Gasteiger partial charge in [0.15, 0.2) is 5.78 Å². The summed E-state index contributed by atoms with van der Waals surface area (Å²) < 4.78 is 5.91. The predicted molar refractivity (Wildman–Crippen MR) is 150 cm³/mol. The maximum Gasteiger partial charge on any atom is 0.189 e. The number of H-pyrrole nitrogens is 1. The highest BCUT2D eigenvalue weighted by Gasteiger charge is 2.37. The Morgan fingerprint density at radius 3 is 2.65 bits per heavy atom. The summed E-state index contributed by atoms with van der Waals surface area (Å²) in [7, 11) is 0. The number of nitrogens with one attached hydrogen (secondary N) is 2. The number of ether oxygens (including phenoxy) is 1. The van der Waals surface area contributed by atoms with Crippen LogP contribution in [0.5, 0.6) is 5.75 Å². The van der Waals surface area contributed by atoms with E-state index in [2.05, 4.69) is 62.6 Å². The van der Waals surface area contributed by atoms with Gasteiger partial charge >= 0.3 is 0 Å². The molecular weight excluding hydrogens is 484 g/mol. The van der Waals surface area contributed by atoms with Gasteiger partial charge in [-0.1, -0.05) is 48.0 Å². The molecule has 0 aliphatic carbocycles. The first-order valence-electron chi connectivity index (χ1n) is 13.0. The Kier molecular flexibility index (Phi) is 6.77. The number of fused-ring (bicyclic) bond motifs is 2. The van der Waals surface area contributed by atoms with Crippen LogP contribution in [-0.4, -0.2) is 60.5 Å². The molecule has 7 heteroatoms. The molecule has 37 heavy (non-hydrogen) atoms. The van der Waals surface area contributed by atoms with Gasteiger partial charge in [0.05, 0.1) is 11.1 Å². The van der Waals surface area contributed by atoms with Crippen molar-refractivity contribution in [2.45, 2.75) is 24.9 Å². The van der Waals surface area contributed by atoms with Gasteiger partial charge in [0, 0.05) is 60.7 Å². The minimum atomic E-state index is -0.277. The van der Waals surface area contributed by atoms with Crippen molar-refractivity contribution in [1.82, 2.24) is 9.88 Å². The van der Waals surface area contributed by atoms with Crippen LogP contribution in [0.2, 0.25) is 5.02 Å². The molecule has 2 aliphatic rings. The van der Waals surface area contributed by atoms with Crippen molar-refractivity contribution in [2.75, 3.05) is 43.0 Å². The summed E-state index contributed by atoms with van der Waals surface area (Å²) in [4.78, 5) is 21.8. The third-order valence-corrected chi connectivity index (χ3v) is 7.93. The molecule has 3 aromatic carbocycles. The molecule has 0 amide bonds. The van der Waals surface area contributed by atoms with E-state index >= 15 is 0 Å². The van der Waals surface area contributed by atoms with Crippen LogP contribution < -0.4 is 15.0 Å². The maximum absolute atomic E-state index is 13.8. The molecule has 0 bridgehead atoms. The van der Waals surface area contributed by atoms with Crippen LogP contribution in [0, 0.1) is 0 Å². The fourth-order valence-corrected chi connectivity index (χ4v) is 5.95. The zero-order chi connectivity index (χ0) is 25.2. The van der Waals surface area contributed by atoms with E-state index < -0.39 is 0 Å². The first-order valence-corrected chi connectivity index (χ1v) is 13.3. The molecule has 6 nitrogen and oxygen atoms in total. The molecule has 190 valence electrons. The molecule has 2 unspecified atom stereocenters. The van der Waals surface area contributed by atoms with Crippen molar-refractivity contribution in [3.05, 3.63) is 89.6 Å². The Hall–Kier alpha value is -3.48. The van der Waals surface area contributed by atoms with E-state index in [1.807, 2.05) is 24.4 Å². The SMILES string of the molecule is O=C(COc1ccccc1Cl)C(C1CCc2ccccc2N1)N1CCN(c2cccc3[nH]ccc23)CC1. The van der Waals surface area contributed by atoms with Crippen LogP contribution in [0.4, 0.5) is 11.4 Å². The Morgan fingerprint density at radius 2 is 1.78 bits per heavy atom. The number of aromatic nitrogens is 1. The van der Waals surface area contributed by atoms with E-state index in [9.17, 15) is 4.79 Å². The number of Topliss-reactive ketones (excluding diaryl/α,β-unsaturated/α-hetero) is 1. The van der Waals surface area contributed by atoms with Gasteiger partial charge in [-0.25, -0.2) is 0 Å². The van der Waals surface area contributed by atoms with E-state index in [4.69, 9.17) is 16.3 Å². The number of hydrogen-bond donors (Lipinski definition) is 2. The summed E-state index contributed by atoms with van der Waals surface area (Å²) in [5.74, 6) is 0.626. The first kappa shape index (κ1) is 23.9. The van der Waals surface area contributed by atoms with Gasteiger partial charge in [-0.15, -0.1) is 0 Å². The number of piperazine rings is 1. The van der Waals surface area contributed by atoms with Crippen molar-refractivity contribution in [3.63, 3.8) is 0 Å². The molecule has 3 heterocycles. The predicted octanol–water partition coefficient (Wildman–Crippen LogP) is 5.39. The third-order valence-electron chi connectivity index (χ3n) is 7.62. The Bertz CT molecular complexity index is 1400. The number of benzene rings is 3. The number of aryl methyl sites for hydroxylation is 1. The number of anilines is 2. The number of ketones is 1. The normalized spacial score (nSPS) is 18.7. The summed E-state index contributed by atoms with van der Waals surface area (Å²) in [5, 5.41) is 5.44. The first-order chi connectivity index (χ1) is 18.2. The Morgan fingerprint density at radius 1 is 0.973 bits per heavy atom. The fraction of sp³-hybridized carbons (Fsp3) is 0.300. The Labute approximate surface area is 222 Å². The molecule has 0 radical (unpaired) electrons. The van der Waals surface area contributed by atoms with Crippen LogP contribution in [0.1, 0.15) is 12.0 Å². The van der Waals surface area contributed by atoms with E-state index in [0.29, 0.717) is 10.8 Å². The fourth-order valence-electron chi connectivity index (χ4n) is 5.76. The summed E-state index contributed by atoms with van der Waals surface area (Å²) in [5.41, 5.74) is 4.82. The van der Waals surface area contributed by atoms with Crippen molar-refractivity contribution in [1.29, 1.82) is 0 Å². The van der Waals surface area contributed by atoms with Crippen molar-refractivity contribution in [2.24, 2.45) is 0 Å². The van der Waals surface area contributed by atoms with Gasteiger partial charge < -0.3 is 19.9 Å². The van der Waals surface area contributed by atoms with Gasteiger partial charge in [0.25, 0.3) is 0 Å². The summed E-state index contributed by atoms with van der Waals surface area (Å²) in [6.45, 7) is 3.34. The highest BCUT2D eigenvalue weighted by Crippen LogP contribution is 2.31. The van der Waals surface area contributed by atoms with Gasteiger partial charge in [-0.3, -0.25) is 9.69 Å². The summed E-state index contributed by atoms with van der Waals surface area (Å²) in [6, 6.07) is 24.0. The van der Waals surface area contributed by atoms with E-state index in [1.165, 1.54) is 16.6 Å². The highest BCUT2D eigenvalue weighted by molar-refractivity contribution is 6.32. The average molecular weight is 515 g/mol. The molecule has 2 aliphatic heterocycles. The molecule has 1 fully saturated rings. The van der Waals surface area contributed by atoms with Crippen LogP contribution in [0.3, 0.4) is 0 Å². The largest absolute Gasteiger partial charge is 0.484 e. The van der Waals surface area contributed by atoms with Crippen molar-refractivity contribution < 1.29 is 9.53 Å². The van der Waals surface area contributed by atoms with E-state index in [1.54, 1.807) is 12.1 Å². The van der Waals surface area contributed by atoms with Crippen LogP contribution >= 0.6 is 11.6 Å². The lowest BCUT2D eigenvalue weighted by atomic mass is 9.90. The number of para-hydroxylation sites is 2. The van der Waals surface area contributed by atoms with E-state index in [0.717, 1.165) is 50.2 Å². The molecule has 0 spiro atoms. The molecule has 1 saturated heterocycles. The molecule has 1 aromatic heterocycles. The minimum absolute atomic E-state index is 0.00288. The molecular formula is C30H31ClN4O2. The van der Waals surface area contributed by atoms with Crippen LogP contribution in [0.15, 0.2) is 79.0 Å². The lowest BCUT2D eigenvalue weighted by Gasteiger charge is -2.43. The standard InChI is InChI=1S/C30H31ClN4O2/c31-23-7-2-4-11-29(23)37-20-28(36)30(26-13-12-21-6-1-3-8-24(21)33-26)35-18-16-34(17-19-35)27-10-5-9-25-22(27)14-15-32-25/h1-11,14-15,26,30,32-33H,12-13,16-20H2. The van der Waals surface area contributed by atoms with Crippen LogP contribution in [0.25, 0.3) is 10.9 Å². The highest BCUT2D eigenvalue weighted by atomic mass is 35.5. The molecule has 6 rings (SSSR count). The number of nitrogens with zero attached hydrogens (tertiary/aromatic N) is 2. The van der Waals surface area contributed by atoms with Crippen molar-refractivity contribution >= 4 is 39.7 Å². The summed E-state index contributed by atoms with van der Waals surface area (Å²) in [6.07, 6.45) is 3.85. The van der Waals surface area contributed by atoms with Gasteiger partial charge in [-0.2, -0.15) is 0 Å². The minimum Gasteiger partial charge on any atom is -0.484 e. The van der Waals surface area contributed by atoms with Gasteiger partial charge in [-0.05, 0) is 54.8 Å². The second-order valence-electron chi connectivity index (χ2n) is 9.82. The lowest BCUT2D eigenvalue weighted by Crippen LogP contribution is -2.59. The number of carbonyl (C=O) groups excluding carboxylic acids is 1. The smallest absolute Gasteiger partial charge is 0.189 e. The topological polar surface area (TPSA) is 60.6 Å². The average Bonchev–Trinajstić information content (AvgIpc) is 3.42. The third kappa shape index (κ3) is 4.91. The second-order valence-corrected chi connectivity index (χ2v) is 10.2. The number of aromatic amines is 1. The van der Waals surface area contributed by atoms with Crippen molar-refractivity contribution in [3.8, 4) is 5.75 Å². The lowest BCUT2D eigenvalue weighted by molar-refractivity contribution is -0.127. The maximum atomic E-state index is 13.8. The second kappa shape index (κ2) is 10.5. The zero-order valence-corrected chi connectivity index (χ0v) is 21.5. The summed E-state index contributed by atoms with van der Waals surface area (Å²) >= 11 is 6.28. The number of carbonyl (C=O) groups is 1. The number of hydrogen-bond acceptors (Lipinski definition) is 5. The van der Waals surface area contributed by atoms with Crippen LogP contribution in [-0.2, 0) is 11.2 Å². The van der Waals surface area contributed by atoms with Gasteiger partial charge in [0.2, 0.25) is 0 Å². The quantitative estimate of drug-likeness (QED) is 0.346. The molecule has 4 aromatic rings. The number of halogens is 1.